The summed E-state index contributed by atoms with van der Waals surface area (Å²) >= 11 is 0. The van der Waals surface area contributed by atoms with E-state index in [0.29, 0.717) is 47.1 Å². The van der Waals surface area contributed by atoms with Gasteiger partial charge in [0.2, 0.25) is 0 Å². The lowest BCUT2D eigenvalue weighted by atomic mass is 10.1. The summed E-state index contributed by atoms with van der Waals surface area (Å²) in [5.41, 5.74) is 2.21. The number of aromatic nitrogens is 2. The maximum absolute atomic E-state index is 15.3. The lowest BCUT2D eigenvalue weighted by Crippen LogP contribution is -2.30. The van der Waals surface area contributed by atoms with Crippen LogP contribution in [-0.4, -0.2) is 49.8 Å². The van der Waals surface area contributed by atoms with E-state index in [4.69, 9.17) is 14.5 Å². The van der Waals surface area contributed by atoms with Crippen LogP contribution >= 0.6 is 0 Å². The van der Waals surface area contributed by atoms with Crippen LogP contribution in [0.4, 0.5) is 20.3 Å². The number of nitrogens with zero attached hydrogens (tertiary/aromatic N) is 3. The quantitative estimate of drug-likeness (QED) is 0.360. The van der Waals surface area contributed by atoms with Crippen molar-refractivity contribution in [2.75, 3.05) is 30.4 Å². The monoisotopic (exact) mass is 592 g/mol. The summed E-state index contributed by atoms with van der Waals surface area (Å²) in [7, 11) is -3.55. The molecular weight excluding hydrogens is 566 g/mol. The van der Waals surface area contributed by atoms with E-state index in [0.717, 1.165) is 18.2 Å². The van der Waals surface area contributed by atoms with Crippen molar-refractivity contribution in [3.8, 4) is 5.75 Å². The number of carbonyl (C=O) groups excluding carboxylic acids is 1. The first-order valence-corrected chi connectivity index (χ1v) is 15.3. The Morgan fingerprint density at radius 1 is 1.07 bits per heavy atom. The van der Waals surface area contributed by atoms with E-state index in [1.807, 2.05) is 0 Å². The van der Waals surface area contributed by atoms with Crippen LogP contribution in [0.5, 0.6) is 5.75 Å². The van der Waals surface area contributed by atoms with Gasteiger partial charge in [-0.25, -0.2) is 22.2 Å². The van der Waals surface area contributed by atoms with E-state index in [1.54, 1.807) is 47.5 Å². The second-order valence-corrected chi connectivity index (χ2v) is 12.7. The molecule has 42 heavy (non-hydrogen) atoms. The smallest absolute Gasteiger partial charge is 0.251 e. The summed E-state index contributed by atoms with van der Waals surface area (Å²) in [4.78, 5) is 23.7. The SMILES string of the molecule is O=C(NCc1cc2nc(N3CCOc4cc(C5CC5)c(F)c(F)c43)ccc2cn1)c1ccc2c(c1)S(=O)(=O)CCOC2. The third-order valence-corrected chi connectivity index (χ3v) is 9.53. The first-order chi connectivity index (χ1) is 20.3. The van der Waals surface area contributed by atoms with Crippen molar-refractivity contribution < 1.29 is 31.5 Å². The molecule has 7 rings (SSSR count). The highest BCUT2D eigenvalue weighted by molar-refractivity contribution is 7.91. The lowest BCUT2D eigenvalue weighted by Gasteiger charge is -2.31. The van der Waals surface area contributed by atoms with Crippen molar-refractivity contribution in [1.29, 1.82) is 0 Å². The number of carbonyl (C=O) groups is 1. The van der Waals surface area contributed by atoms with Gasteiger partial charge in [-0.1, -0.05) is 6.07 Å². The number of hydrogen-bond donors (Lipinski definition) is 1. The molecule has 0 atom stereocenters. The molecule has 0 unspecified atom stereocenters. The molecular formula is C30H26F2N4O5S. The minimum Gasteiger partial charge on any atom is -0.489 e. The number of ether oxygens (including phenoxy) is 2. The maximum atomic E-state index is 15.3. The Morgan fingerprint density at radius 3 is 2.76 bits per heavy atom. The van der Waals surface area contributed by atoms with Crippen molar-refractivity contribution in [3.05, 3.63) is 82.7 Å². The summed E-state index contributed by atoms with van der Waals surface area (Å²) in [6.45, 7) is 0.935. The Balaban J connectivity index is 1.13. The fraction of sp³-hybridized carbons (Fsp3) is 0.300. The Morgan fingerprint density at radius 2 is 1.93 bits per heavy atom. The Hall–Kier alpha value is -4.16. The molecule has 1 saturated carbocycles. The second kappa shape index (κ2) is 10.3. The largest absolute Gasteiger partial charge is 0.489 e. The van der Waals surface area contributed by atoms with Crippen molar-refractivity contribution in [1.82, 2.24) is 15.3 Å². The van der Waals surface area contributed by atoms with Crippen LogP contribution in [-0.2, 0) is 27.7 Å². The number of nitrogens with one attached hydrogen (secondary N) is 1. The predicted octanol–water partition coefficient (Wildman–Crippen LogP) is 4.55. The molecule has 9 nitrogen and oxygen atoms in total. The highest BCUT2D eigenvalue weighted by Gasteiger charge is 2.34. The standard InChI is InChI=1S/C30H26F2N4O5S/c31-27-22(17-1-2-17)13-24-29(28(27)32)36(7-8-41-24)26-6-5-19-14-33-21(12-23(19)35-26)15-34-30(37)18-3-4-20-16-40-9-10-42(38,39)25(20)11-18/h3-6,11-14,17H,1-2,7-10,15-16H2,(H,34,37). The van der Waals surface area contributed by atoms with Crippen LogP contribution in [0.15, 0.2) is 53.6 Å². The summed E-state index contributed by atoms with van der Waals surface area (Å²) in [5, 5.41) is 3.51. The van der Waals surface area contributed by atoms with Gasteiger partial charge in [0.05, 0.1) is 48.2 Å². The number of benzene rings is 2. The number of pyridine rings is 2. The molecule has 0 saturated heterocycles. The van der Waals surface area contributed by atoms with E-state index in [1.165, 1.54) is 6.07 Å². The van der Waals surface area contributed by atoms with E-state index in [-0.39, 0.29) is 47.6 Å². The van der Waals surface area contributed by atoms with Gasteiger partial charge in [-0.15, -0.1) is 0 Å². The molecule has 2 aliphatic heterocycles. The van der Waals surface area contributed by atoms with Crippen LogP contribution < -0.4 is 15.0 Å². The average molecular weight is 593 g/mol. The van der Waals surface area contributed by atoms with Crippen molar-refractivity contribution in [3.63, 3.8) is 0 Å². The number of rotatable bonds is 5. The molecule has 4 heterocycles. The molecule has 4 aromatic rings. The van der Waals surface area contributed by atoms with Gasteiger partial charge in [-0.3, -0.25) is 9.78 Å². The topological polar surface area (TPSA) is 111 Å². The predicted molar refractivity (Wildman–Crippen MR) is 150 cm³/mol. The Bertz CT molecular complexity index is 1860. The Labute approximate surface area is 240 Å². The minimum atomic E-state index is -3.55. The van der Waals surface area contributed by atoms with E-state index >= 15 is 4.39 Å². The van der Waals surface area contributed by atoms with Gasteiger partial charge in [-0.05, 0) is 66.3 Å². The van der Waals surface area contributed by atoms with Crippen molar-refractivity contribution >= 4 is 38.2 Å². The van der Waals surface area contributed by atoms with Crippen LogP contribution in [0.25, 0.3) is 10.9 Å². The molecule has 2 aromatic carbocycles. The molecule has 12 heteroatoms. The van der Waals surface area contributed by atoms with Gasteiger partial charge in [-0.2, -0.15) is 0 Å². The number of anilines is 2. The highest BCUT2D eigenvalue weighted by Crippen LogP contribution is 2.47. The fourth-order valence-corrected chi connectivity index (χ4v) is 6.78. The normalized spacial score (nSPS) is 17.6. The van der Waals surface area contributed by atoms with Gasteiger partial charge >= 0.3 is 0 Å². The van der Waals surface area contributed by atoms with Crippen LogP contribution in [0.3, 0.4) is 0 Å². The molecule has 0 radical (unpaired) electrons. The van der Waals surface area contributed by atoms with Gasteiger partial charge in [0.1, 0.15) is 23.9 Å². The average Bonchev–Trinajstić information content (AvgIpc) is 3.85. The van der Waals surface area contributed by atoms with Crippen LogP contribution in [0.1, 0.15) is 45.9 Å². The third kappa shape index (κ3) is 4.84. The number of halogens is 2. The molecule has 216 valence electrons. The van der Waals surface area contributed by atoms with E-state index < -0.39 is 27.4 Å². The summed E-state index contributed by atoms with van der Waals surface area (Å²) in [6, 6.07) is 11.4. The number of hydrogen-bond acceptors (Lipinski definition) is 8. The summed E-state index contributed by atoms with van der Waals surface area (Å²) in [5.74, 6) is -1.59. The minimum absolute atomic E-state index is 0.0332. The molecule has 1 aliphatic carbocycles. The zero-order valence-electron chi connectivity index (χ0n) is 22.4. The first-order valence-electron chi connectivity index (χ1n) is 13.7. The Kier molecular flexibility index (Phi) is 6.54. The third-order valence-electron chi connectivity index (χ3n) is 7.77. The van der Waals surface area contributed by atoms with Crippen LogP contribution in [0, 0.1) is 11.6 Å². The summed E-state index contributed by atoms with van der Waals surface area (Å²) in [6.07, 6.45) is 3.30. The second-order valence-electron chi connectivity index (χ2n) is 10.6. The zero-order valence-corrected chi connectivity index (χ0v) is 23.2. The molecule has 0 spiro atoms. The zero-order chi connectivity index (χ0) is 29.0. The molecule has 1 N–H and O–H groups in total. The van der Waals surface area contributed by atoms with Gasteiger partial charge in [0.25, 0.3) is 5.91 Å². The van der Waals surface area contributed by atoms with Crippen molar-refractivity contribution in [2.24, 2.45) is 0 Å². The number of sulfone groups is 1. The molecule has 0 bridgehead atoms. The van der Waals surface area contributed by atoms with E-state index in [2.05, 4.69) is 10.3 Å². The van der Waals surface area contributed by atoms with E-state index in [9.17, 15) is 17.6 Å². The van der Waals surface area contributed by atoms with Gasteiger partial charge in [0, 0.05) is 17.1 Å². The van der Waals surface area contributed by atoms with Crippen molar-refractivity contribution in [2.45, 2.75) is 36.8 Å². The molecule has 1 amide bonds. The molecule has 3 aliphatic rings. The summed E-state index contributed by atoms with van der Waals surface area (Å²) < 4.78 is 66.5. The highest BCUT2D eigenvalue weighted by atomic mass is 32.2. The molecule has 2 aromatic heterocycles. The number of amides is 1. The van der Waals surface area contributed by atoms with Gasteiger partial charge in [0.15, 0.2) is 21.5 Å². The van der Waals surface area contributed by atoms with Gasteiger partial charge < -0.3 is 19.7 Å². The first kappa shape index (κ1) is 26.7. The van der Waals surface area contributed by atoms with Crippen LogP contribution in [0.2, 0.25) is 0 Å². The lowest BCUT2D eigenvalue weighted by molar-refractivity contribution is 0.0950. The fourth-order valence-electron chi connectivity index (χ4n) is 5.38. The maximum Gasteiger partial charge on any atom is 0.251 e. The molecule has 1 fully saturated rings. The number of fused-ring (bicyclic) bond motifs is 3.